The molecule has 6 nitrogen and oxygen atoms in total. The zero-order chi connectivity index (χ0) is 27.9. The molecule has 5 rings (SSSR count). The van der Waals surface area contributed by atoms with Gasteiger partial charge in [0.15, 0.2) is 0 Å². The van der Waals surface area contributed by atoms with Gasteiger partial charge in [-0.2, -0.15) is 0 Å². The van der Waals surface area contributed by atoms with Crippen molar-refractivity contribution in [1.82, 2.24) is 15.1 Å². The fourth-order valence-electron chi connectivity index (χ4n) is 5.09. The summed E-state index contributed by atoms with van der Waals surface area (Å²) in [6, 6.07) is 26.9. The highest BCUT2D eigenvalue weighted by molar-refractivity contribution is 7.99. The van der Waals surface area contributed by atoms with Crippen LogP contribution in [0, 0.1) is 0 Å². The van der Waals surface area contributed by atoms with Gasteiger partial charge in [0.25, 0.3) is 5.91 Å². The lowest BCUT2D eigenvalue weighted by molar-refractivity contribution is 0.0935. The van der Waals surface area contributed by atoms with Crippen molar-refractivity contribution in [3.63, 3.8) is 0 Å². The number of hydrogen-bond acceptors (Lipinski definition) is 6. The summed E-state index contributed by atoms with van der Waals surface area (Å²) in [5.41, 5.74) is 2.78. The van der Waals surface area contributed by atoms with Crippen LogP contribution in [0.15, 0.2) is 84.9 Å². The van der Waals surface area contributed by atoms with E-state index < -0.39 is 0 Å². The molecule has 1 aliphatic rings. The summed E-state index contributed by atoms with van der Waals surface area (Å²) in [4.78, 5) is 17.6. The lowest BCUT2D eigenvalue weighted by Gasteiger charge is -2.34. The third-order valence-electron chi connectivity index (χ3n) is 7.36. The van der Waals surface area contributed by atoms with Gasteiger partial charge in [-0.25, -0.2) is 0 Å². The number of nitrogens with zero attached hydrogens (tertiary/aromatic N) is 2. The normalized spacial score (nSPS) is 15.2. The van der Waals surface area contributed by atoms with Crippen LogP contribution in [0.3, 0.4) is 0 Å². The standard InChI is InChI=1S/C32H34ClN3O3S/c33-26-11-9-24(10-12-26)31(23-5-2-1-3-6-23)40-20-19-36-17-15-35(16-18-36)14-13-34-32(39)28-21-25-7-4-8-29(37)27(25)22-30(28)38/h1-12,21-22,31,37-38H,13-20H2,(H,34,39). The van der Waals surface area contributed by atoms with Crippen LogP contribution in [-0.2, 0) is 0 Å². The molecular formula is C32H34ClN3O3S. The van der Waals surface area contributed by atoms with Crippen molar-refractivity contribution in [2.45, 2.75) is 5.25 Å². The van der Waals surface area contributed by atoms with Crippen LogP contribution in [0.2, 0.25) is 5.02 Å². The number of nitrogens with one attached hydrogen (secondary N) is 1. The van der Waals surface area contributed by atoms with Crippen molar-refractivity contribution in [3.05, 3.63) is 107 Å². The molecule has 1 aliphatic heterocycles. The van der Waals surface area contributed by atoms with Gasteiger partial charge in [0.2, 0.25) is 0 Å². The van der Waals surface area contributed by atoms with E-state index in [1.807, 2.05) is 30.0 Å². The van der Waals surface area contributed by atoms with Gasteiger partial charge in [-0.05, 0) is 46.8 Å². The molecular weight excluding hydrogens is 542 g/mol. The Morgan fingerprint density at radius 2 is 1.50 bits per heavy atom. The van der Waals surface area contributed by atoms with E-state index in [4.69, 9.17) is 11.6 Å². The van der Waals surface area contributed by atoms with Gasteiger partial charge in [0.1, 0.15) is 11.5 Å². The summed E-state index contributed by atoms with van der Waals surface area (Å²) < 4.78 is 0. The van der Waals surface area contributed by atoms with Crippen LogP contribution in [-0.4, -0.2) is 77.5 Å². The smallest absolute Gasteiger partial charge is 0.255 e. The van der Waals surface area contributed by atoms with Crippen LogP contribution in [0.25, 0.3) is 10.8 Å². The van der Waals surface area contributed by atoms with Crippen LogP contribution in [0.4, 0.5) is 0 Å². The first kappa shape index (κ1) is 28.3. The van der Waals surface area contributed by atoms with E-state index in [-0.39, 0.29) is 28.2 Å². The summed E-state index contributed by atoms with van der Waals surface area (Å²) in [5.74, 6) is 0.663. The third-order valence-corrected chi connectivity index (χ3v) is 8.91. The number of carbonyl (C=O) groups is 1. The maximum atomic E-state index is 12.7. The minimum absolute atomic E-state index is 0.0788. The number of halogens is 1. The molecule has 1 unspecified atom stereocenters. The zero-order valence-electron chi connectivity index (χ0n) is 22.3. The second kappa shape index (κ2) is 13.4. The van der Waals surface area contributed by atoms with Crippen LogP contribution in [0.1, 0.15) is 26.7 Å². The molecule has 0 aliphatic carbocycles. The maximum absolute atomic E-state index is 12.7. The second-order valence-electron chi connectivity index (χ2n) is 10.0. The van der Waals surface area contributed by atoms with E-state index >= 15 is 0 Å². The average molecular weight is 576 g/mol. The summed E-state index contributed by atoms with van der Waals surface area (Å²) in [5, 5.41) is 25.5. The molecule has 1 amide bonds. The molecule has 208 valence electrons. The minimum atomic E-state index is -0.313. The first-order valence-electron chi connectivity index (χ1n) is 13.6. The monoisotopic (exact) mass is 575 g/mol. The SMILES string of the molecule is O=C(NCCN1CCN(CCSC(c2ccccc2)c2ccc(Cl)cc2)CC1)c1cc2cccc(O)c2cc1O. The number of fused-ring (bicyclic) bond motifs is 1. The van der Waals surface area contributed by atoms with E-state index in [2.05, 4.69) is 57.6 Å². The molecule has 0 spiro atoms. The first-order chi connectivity index (χ1) is 19.5. The summed E-state index contributed by atoms with van der Waals surface area (Å²) in [6.45, 7) is 6.21. The topological polar surface area (TPSA) is 76.0 Å². The number of rotatable bonds is 10. The Hall–Kier alpha value is -3.23. The molecule has 40 heavy (non-hydrogen) atoms. The number of phenols is 2. The Bertz CT molecular complexity index is 1430. The quantitative estimate of drug-likeness (QED) is 0.223. The molecule has 1 saturated heterocycles. The molecule has 3 N–H and O–H groups in total. The predicted molar refractivity (Wildman–Crippen MR) is 165 cm³/mol. The highest BCUT2D eigenvalue weighted by Crippen LogP contribution is 2.36. The Morgan fingerprint density at radius 1 is 0.825 bits per heavy atom. The largest absolute Gasteiger partial charge is 0.507 e. The van der Waals surface area contributed by atoms with Crippen LogP contribution in [0.5, 0.6) is 11.5 Å². The maximum Gasteiger partial charge on any atom is 0.255 e. The fourth-order valence-corrected chi connectivity index (χ4v) is 6.51. The predicted octanol–water partition coefficient (Wildman–Crippen LogP) is 5.77. The molecule has 1 atom stereocenters. The van der Waals surface area contributed by atoms with Gasteiger partial charge in [-0.1, -0.05) is 66.2 Å². The van der Waals surface area contributed by atoms with E-state index in [1.54, 1.807) is 18.2 Å². The molecule has 4 aromatic rings. The molecule has 0 aromatic heterocycles. The molecule has 0 bridgehead atoms. The van der Waals surface area contributed by atoms with Gasteiger partial charge in [-0.15, -0.1) is 11.8 Å². The van der Waals surface area contributed by atoms with Crippen molar-refractivity contribution in [1.29, 1.82) is 0 Å². The number of phenolic OH excluding ortho intramolecular Hbond substituents is 2. The van der Waals surface area contributed by atoms with Gasteiger partial charge in [0.05, 0.1) is 10.8 Å². The molecule has 1 heterocycles. The lowest BCUT2D eigenvalue weighted by atomic mass is 10.0. The summed E-state index contributed by atoms with van der Waals surface area (Å²) >= 11 is 8.09. The fraction of sp³-hybridized carbons (Fsp3) is 0.281. The van der Waals surface area contributed by atoms with E-state index in [1.165, 1.54) is 17.2 Å². The molecule has 0 radical (unpaired) electrons. The summed E-state index contributed by atoms with van der Waals surface area (Å²) in [6.07, 6.45) is 0. The Kier molecular flexibility index (Phi) is 9.49. The highest BCUT2D eigenvalue weighted by Gasteiger charge is 2.20. The lowest BCUT2D eigenvalue weighted by Crippen LogP contribution is -2.48. The minimum Gasteiger partial charge on any atom is -0.507 e. The Balaban J connectivity index is 1.06. The first-order valence-corrected chi connectivity index (χ1v) is 15.0. The molecule has 1 fully saturated rings. The number of carbonyl (C=O) groups excluding carboxylic acids is 1. The van der Waals surface area contributed by atoms with Gasteiger partial charge in [0, 0.05) is 62.0 Å². The molecule has 4 aromatic carbocycles. The number of thioether (sulfide) groups is 1. The van der Waals surface area contributed by atoms with Crippen LogP contribution >= 0.6 is 23.4 Å². The average Bonchev–Trinajstić information content (AvgIpc) is 2.97. The molecule has 0 saturated carbocycles. The summed E-state index contributed by atoms with van der Waals surface area (Å²) in [7, 11) is 0. The van der Waals surface area contributed by atoms with E-state index in [9.17, 15) is 15.0 Å². The van der Waals surface area contributed by atoms with Gasteiger partial charge in [-0.3, -0.25) is 14.6 Å². The Morgan fingerprint density at radius 3 is 2.23 bits per heavy atom. The van der Waals surface area contributed by atoms with Gasteiger partial charge < -0.3 is 15.5 Å². The van der Waals surface area contributed by atoms with Crippen molar-refractivity contribution < 1.29 is 15.0 Å². The number of piperazine rings is 1. The number of amides is 1. The zero-order valence-corrected chi connectivity index (χ0v) is 23.9. The van der Waals surface area contributed by atoms with Crippen molar-refractivity contribution in [3.8, 4) is 11.5 Å². The van der Waals surface area contributed by atoms with Crippen LogP contribution < -0.4 is 5.32 Å². The van der Waals surface area contributed by atoms with Crippen molar-refractivity contribution in [2.75, 3.05) is 51.6 Å². The van der Waals surface area contributed by atoms with Crippen molar-refractivity contribution in [2.24, 2.45) is 0 Å². The number of hydrogen-bond donors (Lipinski definition) is 3. The number of benzene rings is 4. The number of aromatic hydroxyl groups is 2. The van der Waals surface area contributed by atoms with E-state index in [0.29, 0.717) is 17.3 Å². The third kappa shape index (κ3) is 7.09. The highest BCUT2D eigenvalue weighted by atomic mass is 35.5. The molecule has 8 heteroatoms. The van der Waals surface area contributed by atoms with Gasteiger partial charge >= 0.3 is 0 Å². The van der Waals surface area contributed by atoms with E-state index in [0.717, 1.165) is 50.0 Å². The van der Waals surface area contributed by atoms with Crippen molar-refractivity contribution >= 4 is 40.0 Å². The Labute approximate surface area is 244 Å². The second-order valence-corrected chi connectivity index (χ2v) is 11.7.